The van der Waals surface area contributed by atoms with Gasteiger partial charge in [-0.15, -0.1) is 0 Å². The SMILES string of the molecule is Cc1ccccc1CNC(=O)c1ccc(CN2CCN(Cc3ccccn3)C(=O)C2=O)cc1. The van der Waals surface area contributed by atoms with Crippen molar-refractivity contribution in [2.24, 2.45) is 0 Å². The molecule has 1 fully saturated rings. The van der Waals surface area contributed by atoms with Crippen LogP contribution in [0.1, 0.15) is 32.7 Å². The number of carbonyl (C=O) groups is 3. The predicted octanol–water partition coefficient (Wildman–Crippen LogP) is 2.69. The zero-order chi connectivity index (χ0) is 23.2. The topological polar surface area (TPSA) is 82.6 Å². The molecule has 7 heteroatoms. The van der Waals surface area contributed by atoms with Crippen LogP contribution in [0.25, 0.3) is 0 Å². The van der Waals surface area contributed by atoms with Gasteiger partial charge in [0.15, 0.2) is 0 Å². The highest BCUT2D eigenvalue weighted by molar-refractivity contribution is 6.35. The van der Waals surface area contributed by atoms with E-state index in [-0.39, 0.29) is 5.91 Å². The Kier molecular flexibility index (Phi) is 6.78. The van der Waals surface area contributed by atoms with Gasteiger partial charge in [0.05, 0.1) is 12.2 Å². The van der Waals surface area contributed by atoms with E-state index in [1.165, 1.54) is 4.90 Å². The Hall–Kier alpha value is -4.00. The Labute approximate surface area is 193 Å². The third kappa shape index (κ3) is 5.44. The van der Waals surface area contributed by atoms with Gasteiger partial charge in [0.1, 0.15) is 0 Å². The summed E-state index contributed by atoms with van der Waals surface area (Å²) < 4.78 is 0. The van der Waals surface area contributed by atoms with Crippen molar-refractivity contribution < 1.29 is 14.4 Å². The van der Waals surface area contributed by atoms with Crippen molar-refractivity contribution in [2.45, 2.75) is 26.6 Å². The number of benzene rings is 2. The normalized spacial score (nSPS) is 13.8. The molecule has 1 saturated heterocycles. The minimum absolute atomic E-state index is 0.154. The van der Waals surface area contributed by atoms with Crippen molar-refractivity contribution >= 4 is 17.7 Å². The van der Waals surface area contributed by atoms with Gasteiger partial charge in [-0.05, 0) is 47.9 Å². The van der Waals surface area contributed by atoms with E-state index in [4.69, 9.17) is 0 Å². The molecule has 1 aliphatic heterocycles. The lowest BCUT2D eigenvalue weighted by molar-refractivity contribution is -0.156. The largest absolute Gasteiger partial charge is 0.348 e. The summed E-state index contributed by atoms with van der Waals surface area (Å²) in [4.78, 5) is 44.9. The van der Waals surface area contributed by atoms with Gasteiger partial charge in [0.25, 0.3) is 5.91 Å². The maximum Gasteiger partial charge on any atom is 0.312 e. The smallest absolute Gasteiger partial charge is 0.312 e. The van der Waals surface area contributed by atoms with E-state index in [1.54, 1.807) is 23.2 Å². The second-order valence-corrected chi connectivity index (χ2v) is 8.08. The van der Waals surface area contributed by atoms with E-state index >= 15 is 0 Å². The summed E-state index contributed by atoms with van der Waals surface area (Å²) >= 11 is 0. The van der Waals surface area contributed by atoms with E-state index in [0.29, 0.717) is 38.3 Å². The molecule has 2 aromatic carbocycles. The number of nitrogens with zero attached hydrogens (tertiary/aromatic N) is 3. The number of hydrogen-bond donors (Lipinski definition) is 1. The predicted molar refractivity (Wildman–Crippen MR) is 124 cm³/mol. The Morgan fingerprint density at radius 3 is 2.21 bits per heavy atom. The molecule has 1 N–H and O–H groups in total. The number of aryl methyl sites for hydroxylation is 1. The van der Waals surface area contributed by atoms with E-state index in [0.717, 1.165) is 22.4 Å². The number of rotatable bonds is 7. The summed E-state index contributed by atoms with van der Waals surface area (Å²) in [5, 5.41) is 2.94. The average Bonchev–Trinajstić information content (AvgIpc) is 2.84. The molecule has 3 amide bonds. The first-order valence-corrected chi connectivity index (χ1v) is 10.9. The van der Waals surface area contributed by atoms with Crippen LogP contribution in [0.15, 0.2) is 72.9 Å². The monoisotopic (exact) mass is 442 g/mol. The number of aromatic nitrogens is 1. The van der Waals surface area contributed by atoms with Crippen LogP contribution in [0.5, 0.6) is 0 Å². The van der Waals surface area contributed by atoms with Crippen LogP contribution < -0.4 is 5.32 Å². The highest BCUT2D eigenvalue weighted by Crippen LogP contribution is 2.14. The van der Waals surface area contributed by atoms with Crippen molar-refractivity contribution in [1.82, 2.24) is 20.1 Å². The van der Waals surface area contributed by atoms with Gasteiger partial charge in [-0.3, -0.25) is 19.4 Å². The Bertz CT molecular complexity index is 1150. The van der Waals surface area contributed by atoms with Crippen molar-refractivity contribution in [3.63, 3.8) is 0 Å². The van der Waals surface area contributed by atoms with Gasteiger partial charge in [0.2, 0.25) is 0 Å². The molecule has 7 nitrogen and oxygen atoms in total. The number of hydrogen-bond acceptors (Lipinski definition) is 4. The summed E-state index contributed by atoms with van der Waals surface area (Å²) in [6, 6.07) is 20.6. The second-order valence-electron chi connectivity index (χ2n) is 8.08. The van der Waals surface area contributed by atoms with E-state index < -0.39 is 11.8 Å². The number of nitrogens with one attached hydrogen (secondary N) is 1. The minimum atomic E-state index is -0.516. The first kappa shape index (κ1) is 22.2. The van der Waals surface area contributed by atoms with Crippen LogP contribution >= 0.6 is 0 Å². The van der Waals surface area contributed by atoms with Gasteiger partial charge in [-0.1, -0.05) is 42.5 Å². The first-order chi connectivity index (χ1) is 16.0. The molecule has 1 aliphatic rings. The van der Waals surface area contributed by atoms with Crippen LogP contribution in [-0.2, 0) is 29.2 Å². The Balaban J connectivity index is 1.31. The fraction of sp³-hybridized carbons (Fsp3) is 0.231. The highest BCUT2D eigenvalue weighted by atomic mass is 16.2. The third-order valence-corrected chi connectivity index (χ3v) is 5.77. The summed E-state index contributed by atoms with van der Waals surface area (Å²) in [6.45, 7) is 4.04. The Morgan fingerprint density at radius 2 is 1.55 bits per heavy atom. The van der Waals surface area contributed by atoms with Gasteiger partial charge in [-0.2, -0.15) is 0 Å². The average molecular weight is 443 g/mol. The molecular formula is C26H26N4O3. The minimum Gasteiger partial charge on any atom is -0.348 e. The Morgan fingerprint density at radius 1 is 0.879 bits per heavy atom. The second kappa shape index (κ2) is 10.1. The number of amides is 3. The lowest BCUT2D eigenvalue weighted by Gasteiger charge is -2.33. The molecule has 0 unspecified atom stereocenters. The molecule has 1 aromatic heterocycles. The first-order valence-electron chi connectivity index (χ1n) is 10.9. The standard InChI is InChI=1S/C26H26N4O3/c1-19-6-2-3-7-22(19)16-28-24(31)21-11-9-20(10-12-21)17-29-14-15-30(26(33)25(29)32)18-23-8-4-5-13-27-23/h2-13H,14-18H2,1H3,(H,28,31). The highest BCUT2D eigenvalue weighted by Gasteiger charge is 2.32. The van der Waals surface area contributed by atoms with Crippen LogP contribution in [0.2, 0.25) is 0 Å². The van der Waals surface area contributed by atoms with E-state index in [2.05, 4.69) is 10.3 Å². The van der Waals surface area contributed by atoms with Crippen LogP contribution in [-0.4, -0.2) is 45.6 Å². The van der Waals surface area contributed by atoms with Crippen molar-refractivity contribution in [1.29, 1.82) is 0 Å². The molecule has 33 heavy (non-hydrogen) atoms. The zero-order valence-electron chi connectivity index (χ0n) is 18.5. The molecule has 2 heterocycles. The van der Waals surface area contributed by atoms with Gasteiger partial charge < -0.3 is 15.1 Å². The van der Waals surface area contributed by atoms with Crippen molar-refractivity contribution in [2.75, 3.05) is 13.1 Å². The quantitative estimate of drug-likeness (QED) is 0.571. The van der Waals surface area contributed by atoms with Crippen molar-refractivity contribution in [3.05, 3.63) is 101 Å². The molecule has 3 aromatic rings. The number of piperazine rings is 1. The maximum atomic E-state index is 12.6. The van der Waals surface area contributed by atoms with Gasteiger partial charge in [0, 0.05) is 37.9 Å². The molecule has 0 radical (unpaired) electrons. The fourth-order valence-electron chi connectivity index (χ4n) is 3.77. The molecular weight excluding hydrogens is 416 g/mol. The molecule has 0 atom stereocenters. The fourth-order valence-corrected chi connectivity index (χ4v) is 3.77. The van der Waals surface area contributed by atoms with E-state index in [1.807, 2.05) is 61.5 Å². The maximum absolute atomic E-state index is 12.6. The lowest BCUT2D eigenvalue weighted by Crippen LogP contribution is -2.53. The third-order valence-electron chi connectivity index (χ3n) is 5.77. The molecule has 0 aliphatic carbocycles. The van der Waals surface area contributed by atoms with Gasteiger partial charge in [-0.25, -0.2) is 0 Å². The summed E-state index contributed by atoms with van der Waals surface area (Å²) in [5.74, 6) is -1.18. The summed E-state index contributed by atoms with van der Waals surface area (Å²) in [7, 11) is 0. The molecule has 0 bridgehead atoms. The van der Waals surface area contributed by atoms with Crippen LogP contribution in [0.3, 0.4) is 0 Å². The van der Waals surface area contributed by atoms with Crippen LogP contribution in [0, 0.1) is 6.92 Å². The molecule has 0 spiro atoms. The molecule has 168 valence electrons. The lowest BCUT2D eigenvalue weighted by atomic mass is 10.1. The van der Waals surface area contributed by atoms with E-state index in [9.17, 15) is 14.4 Å². The number of pyridine rings is 1. The van der Waals surface area contributed by atoms with Crippen LogP contribution in [0.4, 0.5) is 0 Å². The van der Waals surface area contributed by atoms with Gasteiger partial charge >= 0.3 is 11.8 Å². The zero-order valence-corrected chi connectivity index (χ0v) is 18.5. The molecule has 4 rings (SSSR count). The van der Waals surface area contributed by atoms with Crippen molar-refractivity contribution in [3.8, 4) is 0 Å². The summed E-state index contributed by atoms with van der Waals surface area (Å²) in [5.41, 5.74) is 4.38. The molecule has 0 saturated carbocycles. The summed E-state index contributed by atoms with van der Waals surface area (Å²) in [6.07, 6.45) is 1.67. The number of carbonyl (C=O) groups excluding carboxylic acids is 3.